The second kappa shape index (κ2) is 5.41. The number of anilines is 1. The Labute approximate surface area is 128 Å². The molecule has 1 amide bonds. The number of para-hydroxylation sites is 1. The van der Waals surface area contributed by atoms with Gasteiger partial charge in [0.05, 0.1) is 12.5 Å². The van der Waals surface area contributed by atoms with Gasteiger partial charge in [-0.25, -0.2) is 0 Å². The Morgan fingerprint density at radius 2 is 1.81 bits per heavy atom. The minimum atomic E-state index is -0.466. The second-order valence-electron chi connectivity index (χ2n) is 5.24. The fourth-order valence-corrected chi connectivity index (χ4v) is 2.69. The summed E-state index contributed by atoms with van der Waals surface area (Å²) >= 11 is 5.86. The number of benzene rings is 2. The van der Waals surface area contributed by atoms with E-state index in [2.05, 4.69) is 5.32 Å². The quantitative estimate of drug-likeness (QED) is 0.926. The molecule has 3 nitrogen and oxygen atoms in total. The van der Waals surface area contributed by atoms with Crippen molar-refractivity contribution in [3.63, 3.8) is 0 Å². The van der Waals surface area contributed by atoms with Gasteiger partial charge in [-0.2, -0.15) is 0 Å². The van der Waals surface area contributed by atoms with Gasteiger partial charge in [0, 0.05) is 16.3 Å². The van der Waals surface area contributed by atoms with E-state index in [0.29, 0.717) is 5.02 Å². The molecule has 0 unspecified atom stereocenters. The molecule has 1 aliphatic carbocycles. The van der Waals surface area contributed by atoms with Gasteiger partial charge >= 0.3 is 0 Å². The standard InChI is InChI=1S/C17H16ClNO2/c1-21-15-5-3-2-4-14(15)17(10-11-17)16(20)19-13-8-6-12(18)7-9-13/h2-9H,10-11H2,1H3,(H,19,20). The van der Waals surface area contributed by atoms with E-state index >= 15 is 0 Å². The van der Waals surface area contributed by atoms with Crippen molar-refractivity contribution in [3.05, 3.63) is 59.1 Å². The Morgan fingerprint density at radius 1 is 1.14 bits per heavy atom. The summed E-state index contributed by atoms with van der Waals surface area (Å²) in [6.45, 7) is 0. The lowest BCUT2D eigenvalue weighted by Crippen LogP contribution is -2.28. The van der Waals surface area contributed by atoms with Gasteiger partial charge in [-0.05, 0) is 43.2 Å². The number of carbonyl (C=O) groups is 1. The van der Waals surface area contributed by atoms with Crippen LogP contribution >= 0.6 is 11.6 Å². The van der Waals surface area contributed by atoms with Gasteiger partial charge < -0.3 is 10.1 Å². The van der Waals surface area contributed by atoms with Gasteiger partial charge in [0.1, 0.15) is 5.75 Å². The normalized spacial score (nSPS) is 15.3. The molecule has 0 aliphatic heterocycles. The molecule has 1 saturated carbocycles. The molecular weight excluding hydrogens is 286 g/mol. The number of halogens is 1. The molecule has 0 aromatic heterocycles. The molecule has 0 saturated heterocycles. The van der Waals surface area contributed by atoms with Gasteiger partial charge in [-0.3, -0.25) is 4.79 Å². The summed E-state index contributed by atoms with van der Waals surface area (Å²) in [6, 6.07) is 14.8. The Morgan fingerprint density at radius 3 is 2.43 bits per heavy atom. The molecule has 4 heteroatoms. The lowest BCUT2D eigenvalue weighted by Gasteiger charge is -2.18. The van der Waals surface area contributed by atoms with Crippen LogP contribution in [0.2, 0.25) is 5.02 Å². The Bertz CT molecular complexity index is 663. The number of nitrogens with one attached hydrogen (secondary N) is 1. The summed E-state index contributed by atoms with van der Waals surface area (Å²) in [5.41, 5.74) is 1.25. The molecule has 21 heavy (non-hydrogen) atoms. The fourth-order valence-electron chi connectivity index (χ4n) is 2.57. The summed E-state index contributed by atoms with van der Waals surface area (Å²) in [4.78, 5) is 12.7. The van der Waals surface area contributed by atoms with E-state index in [1.165, 1.54) is 0 Å². The van der Waals surface area contributed by atoms with Gasteiger partial charge in [0.25, 0.3) is 0 Å². The van der Waals surface area contributed by atoms with E-state index in [1.807, 2.05) is 24.3 Å². The van der Waals surface area contributed by atoms with Crippen molar-refractivity contribution >= 4 is 23.2 Å². The van der Waals surface area contributed by atoms with Crippen LogP contribution in [0.4, 0.5) is 5.69 Å². The van der Waals surface area contributed by atoms with E-state index in [4.69, 9.17) is 16.3 Å². The maximum Gasteiger partial charge on any atom is 0.235 e. The third-order valence-corrected chi connectivity index (χ3v) is 4.16. The average molecular weight is 302 g/mol. The minimum absolute atomic E-state index is 0.00863. The Hall–Kier alpha value is -2.00. The highest BCUT2D eigenvalue weighted by molar-refractivity contribution is 6.30. The van der Waals surface area contributed by atoms with Gasteiger partial charge in [0.2, 0.25) is 5.91 Å². The molecule has 1 fully saturated rings. The lowest BCUT2D eigenvalue weighted by atomic mass is 9.94. The minimum Gasteiger partial charge on any atom is -0.496 e. The Kier molecular flexibility index (Phi) is 3.60. The lowest BCUT2D eigenvalue weighted by molar-refractivity contribution is -0.118. The Balaban J connectivity index is 1.85. The number of amides is 1. The number of hydrogen-bond acceptors (Lipinski definition) is 2. The van der Waals surface area contributed by atoms with Crippen LogP contribution in [0.15, 0.2) is 48.5 Å². The molecule has 0 spiro atoms. The highest BCUT2D eigenvalue weighted by Crippen LogP contribution is 2.51. The topological polar surface area (TPSA) is 38.3 Å². The van der Waals surface area contributed by atoms with Crippen molar-refractivity contribution < 1.29 is 9.53 Å². The number of methoxy groups -OCH3 is 1. The molecule has 0 bridgehead atoms. The molecule has 108 valence electrons. The zero-order valence-corrected chi connectivity index (χ0v) is 12.5. The van der Waals surface area contributed by atoms with Crippen LogP contribution in [-0.2, 0) is 10.2 Å². The summed E-state index contributed by atoms with van der Waals surface area (Å²) in [6.07, 6.45) is 1.68. The molecule has 2 aromatic carbocycles. The van der Waals surface area contributed by atoms with Crippen LogP contribution < -0.4 is 10.1 Å². The highest BCUT2D eigenvalue weighted by atomic mass is 35.5. The smallest absolute Gasteiger partial charge is 0.235 e. The van der Waals surface area contributed by atoms with Crippen LogP contribution in [0.25, 0.3) is 0 Å². The molecular formula is C17H16ClNO2. The second-order valence-corrected chi connectivity index (χ2v) is 5.68. The number of ether oxygens (including phenoxy) is 1. The maximum absolute atomic E-state index is 12.7. The first-order chi connectivity index (χ1) is 10.2. The van der Waals surface area contributed by atoms with Crippen LogP contribution in [0, 0.1) is 0 Å². The molecule has 0 heterocycles. The monoisotopic (exact) mass is 301 g/mol. The maximum atomic E-state index is 12.7. The van der Waals surface area contributed by atoms with Crippen molar-refractivity contribution in [1.29, 1.82) is 0 Å². The van der Waals surface area contributed by atoms with Crippen molar-refractivity contribution in [1.82, 2.24) is 0 Å². The van der Waals surface area contributed by atoms with Crippen LogP contribution in [0.5, 0.6) is 5.75 Å². The summed E-state index contributed by atoms with van der Waals surface area (Å²) < 4.78 is 5.39. The number of rotatable bonds is 4. The van der Waals surface area contributed by atoms with Crippen molar-refractivity contribution in [3.8, 4) is 5.75 Å². The van der Waals surface area contributed by atoms with E-state index in [0.717, 1.165) is 29.8 Å². The first-order valence-electron chi connectivity index (χ1n) is 6.86. The van der Waals surface area contributed by atoms with Gasteiger partial charge in [0.15, 0.2) is 0 Å². The summed E-state index contributed by atoms with van der Waals surface area (Å²) in [5.74, 6) is 0.774. The third-order valence-electron chi connectivity index (χ3n) is 3.91. The molecule has 1 N–H and O–H groups in total. The van der Waals surface area contributed by atoms with E-state index < -0.39 is 5.41 Å². The van der Waals surface area contributed by atoms with Crippen LogP contribution in [-0.4, -0.2) is 13.0 Å². The molecule has 1 aliphatic rings. The third kappa shape index (κ3) is 2.61. The van der Waals surface area contributed by atoms with Crippen LogP contribution in [0.3, 0.4) is 0 Å². The molecule has 0 atom stereocenters. The number of hydrogen-bond donors (Lipinski definition) is 1. The zero-order valence-electron chi connectivity index (χ0n) is 11.7. The molecule has 0 radical (unpaired) electrons. The van der Waals surface area contributed by atoms with Gasteiger partial charge in [-0.15, -0.1) is 0 Å². The van der Waals surface area contributed by atoms with Crippen molar-refractivity contribution in [2.45, 2.75) is 18.3 Å². The molecule has 3 rings (SSSR count). The fraction of sp³-hybridized carbons (Fsp3) is 0.235. The predicted octanol–water partition coefficient (Wildman–Crippen LogP) is 4.02. The summed E-state index contributed by atoms with van der Waals surface area (Å²) in [7, 11) is 1.63. The SMILES string of the molecule is COc1ccccc1C1(C(=O)Nc2ccc(Cl)cc2)CC1. The van der Waals surface area contributed by atoms with Crippen LogP contribution in [0.1, 0.15) is 18.4 Å². The average Bonchev–Trinajstić information content (AvgIpc) is 3.31. The van der Waals surface area contributed by atoms with E-state index in [-0.39, 0.29) is 5.91 Å². The van der Waals surface area contributed by atoms with E-state index in [1.54, 1.807) is 31.4 Å². The molecule has 2 aromatic rings. The first-order valence-corrected chi connectivity index (χ1v) is 7.24. The zero-order chi connectivity index (χ0) is 14.9. The van der Waals surface area contributed by atoms with Gasteiger partial charge in [-0.1, -0.05) is 29.8 Å². The van der Waals surface area contributed by atoms with Crippen molar-refractivity contribution in [2.75, 3.05) is 12.4 Å². The summed E-state index contributed by atoms with van der Waals surface area (Å²) in [5, 5.41) is 3.62. The largest absolute Gasteiger partial charge is 0.496 e. The first kappa shape index (κ1) is 14.0. The highest BCUT2D eigenvalue weighted by Gasteiger charge is 2.52. The van der Waals surface area contributed by atoms with E-state index in [9.17, 15) is 4.79 Å². The number of carbonyl (C=O) groups excluding carboxylic acids is 1. The van der Waals surface area contributed by atoms with Crippen molar-refractivity contribution in [2.24, 2.45) is 0 Å². The predicted molar refractivity (Wildman–Crippen MR) is 84.0 cm³/mol.